The van der Waals surface area contributed by atoms with Gasteiger partial charge in [-0.05, 0) is 57.7 Å². The van der Waals surface area contributed by atoms with Crippen molar-refractivity contribution in [3.05, 3.63) is 34.5 Å². The van der Waals surface area contributed by atoms with E-state index in [1.165, 1.54) is 16.9 Å². The van der Waals surface area contributed by atoms with E-state index < -0.39 is 11.6 Å². The number of nitrogens with zero attached hydrogens (tertiary/aromatic N) is 1. The molecule has 1 aliphatic carbocycles. The number of nitrogens with two attached hydrogens (primary N) is 1. The van der Waals surface area contributed by atoms with E-state index in [0.29, 0.717) is 10.6 Å². The summed E-state index contributed by atoms with van der Waals surface area (Å²) in [4.78, 5) is 18.5. The van der Waals surface area contributed by atoms with Crippen LogP contribution in [0.1, 0.15) is 48.1 Å². The number of hydrogen-bond acceptors (Lipinski definition) is 6. The Bertz CT molecular complexity index is 965. The zero-order chi connectivity index (χ0) is 17.8. The summed E-state index contributed by atoms with van der Waals surface area (Å²) in [6, 6.07) is 3.79. The van der Waals surface area contributed by atoms with Gasteiger partial charge in [-0.15, -0.1) is 11.3 Å². The van der Waals surface area contributed by atoms with Crippen molar-refractivity contribution >= 4 is 33.2 Å². The van der Waals surface area contributed by atoms with Crippen molar-refractivity contribution in [2.75, 3.05) is 5.73 Å². The van der Waals surface area contributed by atoms with Crippen molar-refractivity contribution in [2.45, 2.75) is 45.6 Å². The Morgan fingerprint density at radius 2 is 2.16 bits per heavy atom. The van der Waals surface area contributed by atoms with Gasteiger partial charge in [0.15, 0.2) is 0 Å². The molecule has 25 heavy (non-hydrogen) atoms. The maximum Gasteiger partial charge on any atom is 0.351 e. The first-order valence-electron chi connectivity index (χ1n) is 8.36. The van der Waals surface area contributed by atoms with E-state index in [1.807, 2.05) is 32.9 Å². The second kappa shape index (κ2) is 5.59. The molecule has 1 aliphatic rings. The van der Waals surface area contributed by atoms with Crippen LogP contribution in [-0.4, -0.2) is 16.6 Å². The van der Waals surface area contributed by atoms with Crippen molar-refractivity contribution in [1.82, 2.24) is 4.98 Å². The van der Waals surface area contributed by atoms with Gasteiger partial charge in [0.2, 0.25) is 0 Å². The molecule has 130 valence electrons. The molecular formula is C19H20N2O3S. The molecule has 0 unspecified atom stereocenters. The number of anilines is 1. The minimum Gasteiger partial charge on any atom is -0.464 e. The summed E-state index contributed by atoms with van der Waals surface area (Å²) >= 11 is 1.30. The highest BCUT2D eigenvalue weighted by Crippen LogP contribution is 2.44. The number of nitrogen functional groups attached to an aromatic ring is 1. The third-order valence-corrected chi connectivity index (χ3v) is 5.33. The number of aryl methyl sites for hydroxylation is 1. The van der Waals surface area contributed by atoms with Gasteiger partial charge < -0.3 is 14.9 Å². The van der Waals surface area contributed by atoms with Crippen molar-refractivity contribution in [3.63, 3.8) is 0 Å². The summed E-state index contributed by atoms with van der Waals surface area (Å²) in [7, 11) is 0. The Kier molecular flexibility index (Phi) is 3.61. The number of carbonyl (C=O) groups is 1. The quantitative estimate of drug-likeness (QED) is 0.680. The third-order valence-electron chi connectivity index (χ3n) is 4.26. The number of aromatic nitrogens is 1. The number of ether oxygens (including phenoxy) is 1. The number of fused-ring (bicyclic) bond motifs is 2. The molecule has 4 rings (SSSR count). The predicted molar refractivity (Wildman–Crippen MR) is 98.9 cm³/mol. The van der Waals surface area contributed by atoms with Gasteiger partial charge in [-0.1, -0.05) is 0 Å². The molecule has 5 nitrogen and oxygen atoms in total. The van der Waals surface area contributed by atoms with Crippen LogP contribution >= 0.6 is 11.3 Å². The van der Waals surface area contributed by atoms with E-state index in [1.54, 1.807) is 6.26 Å². The molecule has 0 aliphatic heterocycles. The highest BCUT2D eigenvalue weighted by Gasteiger charge is 2.29. The van der Waals surface area contributed by atoms with E-state index >= 15 is 0 Å². The van der Waals surface area contributed by atoms with Gasteiger partial charge in [0.25, 0.3) is 0 Å². The van der Waals surface area contributed by atoms with E-state index in [9.17, 15) is 4.79 Å². The number of thiophene rings is 1. The summed E-state index contributed by atoms with van der Waals surface area (Å²) in [5, 5.41) is 0.807. The van der Waals surface area contributed by atoms with Crippen LogP contribution in [0.15, 0.2) is 22.8 Å². The summed E-state index contributed by atoms with van der Waals surface area (Å²) < 4.78 is 11.2. The minimum atomic E-state index is -0.571. The van der Waals surface area contributed by atoms with Gasteiger partial charge in [0, 0.05) is 16.6 Å². The number of furan rings is 1. The highest BCUT2D eigenvalue weighted by molar-refractivity contribution is 7.21. The van der Waals surface area contributed by atoms with Crippen molar-refractivity contribution in [1.29, 1.82) is 0 Å². The normalized spacial score (nSPS) is 14.0. The van der Waals surface area contributed by atoms with Crippen LogP contribution in [0.2, 0.25) is 0 Å². The van der Waals surface area contributed by atoms with Crippen LogP contribution in [0.5, 0.6) is 0 Å². The van der Waals surface area contributed by atoms with Crippen molar-refractivity contribution in [2.24, 2.45) is 0 Å². The fraction of sp³-hybridized carbons (Fsp3) is 0.368. The van der Waals surface area contributed by atoms with Crippen LogP contribution in [0.3, 0.4) is 0 Å². The molecule has 0 radical (unpaired) electrons. The number of rotatable bonds is 2. The molecule has 0 saturated carbocycles. The van der Waals surface area contributed by atoms with Gasteiger partial charge in [0.1, 0.15) is 21.1 Å². The number of hydrogen-bond donors (Lipinski definition) is 1. The maximum absolute atomic E-state index is 12.6. The van der Waals surface area contributed by atoms with Crippen LogP contribution in [-0.2, 0) is 17.6 Å². The zero-order valence-electron chi connectivity index (χ0n) is 14.5. The van der Waals surface area contributed by atoms with Crippen LogP contribution < -0.4 is 5.73 Å². The number of carbonyl (C=O) groups excluding carboxylic acids is 1. The first-order valence-corrected chi connectivity index (χ1v) is 9.18. The monoisotopic (exact) mass is 356 g/mol. The second-order valence-corrected chi connectivity index (χ2v) is 8.27. The lowest BCUT2D eigenvalue weighted by Gasteiger charge is -2.19. The fourth-order valence-corrected chi connectivity index (χ4v) is 4.31. The molecule has 0 amide bonds. The zero-order valence-corrected chi connectivity index (χ0v) is 15.3. The average molecular weight is 356 g/mol. The molecule has 0 bridgehead atoms. The van der Waals surface area contributed by atoms with Crippen molar-refractivity contribution < 1.29 is 13.9 Å². The summed E-state index contributed by atoms with van der Waals surface area (Å²) in [6.07, 6.45) is 4.62. The van der Waals surface area contributed by atoms with Gasteiger partial charge >= 0.3 is 5.97 Å². The molecule has 3 heterocycles. The molecular weight excluding hydrogens is 336 g/mol. The smallest absolute Gasteiger partial charge is 0.351 e. The molecule has 0 fully saturated rings. The lowest BCUT2D eigenvalue weighted by molar-refractivity contribution is 0.00764. The standard InChI is InChI=1S/C19H20N2O3S/c1-19(2,3)24-18(22)16-15(20)14-13(12-8-5-9-23-12)10-6-4-7-11(10)21-17(14)25-16/h5,8-9H,4,6-7,20H2,1-3H3. The predicted octanol–water partition coefficient (Wildman–Crippen LogP) is 4.58. The van der Waals surface area contributed by atoms with Gasteiger partial charge in [-0.2, -0.15) is 0 Å². The summed E-state index contributed by atoms with van der Waals surface area (Å²) in [5.74, 6) is 0.365. The minimum absolute atomic E-state index is 0.404. The molecule has 0 aromatic carbocycles. The van der Waals surface area contributed by atoms with Gasteiger partial charge in [-0.3, -0.25) is 0 Å². The molecule has 3 aromatic rings. The van der Waals surface area contributed by atoms with E-state index in [4.69, 9.17) is 19.9 Å². The summed E-state index contributed by atoms with van der Waals surface area (Å²) in [5.41, 5.74) is 9.49. The lowest BCUT2D eigenvalue weighted by atomic mass is 10.0. The third kappa shape index (κ3) is 2.70. The lowest BCUT2D eigenvalue weighted by Crippen LogP contribution is -2.23. The molecule has 0 atom stereocenters. The van der Waals surface area contributed by atoms with E-state index in [-0.39, 0.29) is 0 Å². The average Bonchev–Trinajstić information content (AvgIpc) is 3.23. The first kappa shape index (κ1) is 16.1. The van der Waals surface area contributed by atoms with Gasteiger partial charge in [0.05, 0.1) is 12.0 Å². The summed E-state index contributed by atoms with van der Waals surface area (Å²) in [6.45, 7) is 5.53. The van der Waals surface area contributed by atoms with E-state index in [0.717, 1.165) is 46.5 Å². The number of pyridine rings is 1. The topological polar surface area (TPSA) is 78.3 Å². The maximum atomic E-state index is 12.6. The highest BCUT2D eigenvalue weighted by atomic mass is 32.1. The Morgan fingerprint density at radius 1 is 1.36 bits per heavy atom. The second-order valence-electron chi connectivity index (χ2n) is 7.27. The Labute approximate surface area is 149 Å². The molecule has 0 saturated heterocycles. The van der Waals surface area contributed by atoms with Crippen LogP contribution in [0, 0.1) is 0 Å². The fourth-order valence-electron chi connectivity index (χ4n) is 3.31. The Balaban J connectivity index is 1.95. The van der Waals surface area contributed by atoms with Gasteiger partial charge in [-0.25, -0.2) is 9.78 Å². The largest absolute Gasteiger partial charge is 0.464 e. The van der Waals surface area contributed by atoms with Crippen molar-refractivity contribution in [3.8, 4) is 11.3 Å². The Morgan fingerprint density at radius 3 is 2.84 bits per heavy atom. The van der Waals surface area contributed by atoms with Crippen LogP contribution in [0.25, 0.3) is 21.5 Å². The van der Waals surface area contributed by atoms with Crippen LogP contribution in [0.4, 0.5) is 5.69 Å². The first-order chi connectivity index (χ1) is 11.8. The SMILES string of the molecule is CC(C)(C)OC(=O)c1sc2nc3c(c(-c4ccco4)c2c1N)CCC3. The molecule has 3 aromatic heterocycles. The Hall–Kier alpha value is -2.34. The number of esters is 1. The molecule has 6 heteroatoms. The molecule has 0 spiro atoms. The molecule has 2 N–H and O–H groups in total. The van der Waals surface area contributed by atoms with E-state index in [2.05, 4.69) is 0 Å².